The highest BCUT2D eigenvalue weighted by Crippen LogP contribution is 2.02. The molecule has 0 heterocycles. The molecule has 0 saturated heterocycles. The first kappa shape index (κ1) is 8.25. The fourth-order valence-corrected chi connectivity index (χ4v) is 0.524. The van der Waals surface area contributed by atoms with E-state index < -0.39 is 11.9 Å². The number of halogens is 1. The predicted octanol–water partition coefficient (Wildman–Crippen LogP) is 0.840. The molecular weight excluding hydrogens is 142 g/mol. The van der Waals surface area contributed by atoms with E-state index >= 15 is 0 Å². The maximum absolute atomic E-state index is 9.92. The third-order valence-corrected chi connectivity index (χ3v) is 1.16. The number of hydrogen-bond acceptors (Lipinski definition) is 2. The van der Waals surface area contributed by atoms with Gasteiger partial charge in [0.05, 0.1) is 18.4 Å². The normalized spacial score (nSPS) is 12.0. The lowest BCUT2D eigenvalue weighted by Gasteiger charge is -1.96. The van der Waals surface area contributed by atoms with Crippen molar-refractivity contribution in [1.29, 1.82) is 5.26 Å². The Balaban J connectivity index is 3.60. The number of carbonyl (C=O) groups is 1. The van der Waals surface area contributed by atoms with Crippen molar-refractivity contribution in [2.45, 2.75) is 6.42 Å². The van der Waals surface area contributed by atoms with E-state index in [0.717, 1.165) is 0 Å². The number of carboxylic acids is 1. The minimum Gasteiger partial charge on any atom is -0.481 e. The Hall–Kier alpha value is -0.750. The molecule has 0 radical (unpaired) electrons. The lowest BCUT2D eigenvalue weighted by atomic mass is 10.1. The van der Waals surface area contributed by atoms with E-state index in [1.807, 2.05) is 0 Å². The molecule has 1 unspecified atom stereocenters. The van der Waals surface area contributed by atoms with Gasteiger partial charge in [0.25, 0.3) is 0 Å². The van der Waals surface area contributed by atoms with Crippen molar-refractivity contribution in [2.75, 3.05) is 5.88 Å². The zero-order chi connectivity index (χ0) is 7.28. The van der Waals surface area contributed by atoms with E-state index in [1.165, 1.54) is 0 Å². The van der Waals surface area contributed by atoms with Gasteiger partial charge >= 0.3 is 5.97 Å². The van der Waals surface area contributed by atoms with Crippen molar-refractivity contribution < 1.29 is 9.90 Å². The molecule has 0 amide bonds. The molecule has 0 spiro atoms. The molecule has 0 aromatic carbocycles. The average Bonchev–Trinajstić information content (AvgIpc) is 1.82. The highest BCUT2D eigenvalue weighted by Gasteiger charge is 2.09. The van der Waals surface area contributed by atoms with Gasteiger partial charge in [0, 0.05) is 5.88 Å². The number of nitriles is 1. The molecule has 0 rings (SSSR count). The molecule has 0 aromatic rings. The fourth-order valence-electron chi connectivity index (χ4n) is 0.345. The monoisotopic (exact) mass is 147 g/mol. The van der Waals surface area contributed by atoms with Crippen molar-refractivity contribution >= 4 is 17.6 Å². The summed E-state index contributed by atoms with van der Waals surface area (Å²) < 4.78 is 0. The van der Waals surface area contributed by atoms with Crippen LogP contribution in [-0.4, -0.2) is 17.0 Å². The molecule has 50 valence electrons. The molecule has 0 aliphatic rings. The standard InChI is InChI=1S/C5H6ClNO2/c6-2-4(3-7)1-5(8)9/h4H,1-2H2,(H,8,9). The van der Waals surface area contributed by atoms with Gasteiger partial charge < -0.3 is 5.11 Å². The smallest absolute Gasteiger partial charge is 0.304 e. The molecule has 4 heteroatoms. The first-order valence-electron chi connectivity index (χ1n) is 2.38. The van der Waals surface area contributed by atoms with Gasteiger partial charge in [-0.3, -0.25) is 4.79 Å². The number of hydrogen-bond donors (Lipinski definition) is 1. The summed E-state index contributed by atoms with van der Waals surface area (Å²) in [5, 5.41) is 16.3. The van der Waals surface area contributed by atoms with E-state index in [4.69, 9.17) is 22.0 Å². The molecule has 1 atom stereocenters. The number of carboxylic acid groups (broad SMARTS) is 1. The maximum atomic E-state index is 9.92. The number of aliphatic carboxylic acids is 1. The van der Waals surface area contributed by atoms with Gasteiger partial charge in [-0.25, -0.2) is 0 Å². The predicted molar refractivity (Wildman–Crippen MR) is 32.1 cm³/mol. The lowest BCUT2D eigenvalue weighted by molar-refractivity contribution is -0.137. The zero-order valence-corrected chi connectivity index (χ0v) is 5.43. The van der Waals surface area contributed by atoms with E-state index in [9.17, 15) is 4.79 Å². The minimum absolute atomic E-state index is 0.0861. The van der Waals surface area contributed by atoms with Crippen LogP contribution < -0.4 is 0 Å². The van der Waals surface area contributed by atoms with Crippen molar-refractivity contribution in [3.8, 4) is 6.07 Å². The van der Waals surface area contributed by atoms with Gasteiger partial charge in [0.15, 0.2) is 0 Å². The van der Waals surface area contributed by atoms with Crippen molar-refractivity contribution in [2.24, 2.45) is 5.92 Å². The fraction of sp³-hybridized carbons (Fsp3) is 0.600. The second kappa shape index (κ2) is 4.16. The van der Waals surface area contributed by atoms with Crippen LogP contribution in [0.15, 0.2) is 0 Å². The van der Waals surface area contributed by atoms with Crippen LogP contribution in [0, 0.1) is 17.2 Å². The Morgan fingerprint density at radius 2 is 2.44 bits per heavy atom. The van der Waals surface area contributed by atoms with E-state index in [2.05, 4.69) is 0 Å². The largest absolute Gasteiger partial charge is 0.481 e. The van der Waals surface area contributed by atoms with Crippen LogP contribution in [0.3, 0.4) is 0 Å². The Labute approximate surface area is 57.9 Å². The highest BCUT2D eigenvalue weighted by atomic mass is 35.5. The van der Waals surface area contributed by atoms with Gasteiger partial charge in [0.2, 0.25) is 0 Å². The van der Waals surface area contributed by atoms with Gasteiger partial charge in [-0.1, -0.05) is 0 Å². The van der Waals surface area contributed by atoms with Crippen LogP contribution in [0.2, 0.25) is 0 Å². The van der Waals surface area contributed by atoms with Gasteiger partial charge in [-0.2, -0.15) is 5.26 Å². The third-order valence-electron chi connectivity index (χ3n) is 0.790. The summed E-state index contributed by atoms with van der Waals surface area (Å²) in [5.74, 6) is -1.45. The first-order chi connectivity index (χ1) is 4.20. The summed E-state index contributed by atoms with van der Waals surface area (Å²) in [6.07, 6.45) is -0.167. The minimum atomic E-state index is -0.984. The van der Waals surface area contributed by atoms with Gasteiger partial charge in [0.1, 0.15) is 0 Å². The number of nitrogens with zero attached hydrogens (tertiary/aromatic N) is 1. The average molecular weight is 148 g/mol. The molecule has 9 heavy (non-hydrogen) atoms. The summed E-state index contributed by atoms with van der Waals surface area (Å²) in [6.45, 7) is 0. The molecule has 0 fully saturated rings. The molecule has 0 aliphatic carbocycles. The molecule has 1 N–H and O–H groups in total. The molecule has 0 saturated carbocycles. The van der Waals surface area contributed by atoms with Gasteiger partial charge in [-0.05, 0) is 0 Å². The second-order valence-electron chi connectivity index (χ2n) is 1.58. The van der Waals surface area contributed by atoms with Crippen LogP contribution in [0.4, 0.5) is 0 Å². The van der Waals surface area contributed by atoms with Crippen LogP contribution in [-0.2, 0) is 4.79 Å². The first-order valence-corrected chi connectivity index (χ1v) is 2.91. The van der Waals surface area contributed by atoms with Crippen LogP contribution in [0.5, 0.6) is 0 Å². The Bertz CT molecular complexity index is 140. The second-order valence-corrected chi connectivity index (χ2v) is 1.89. The summed E-state index contributed by atoms with van der Waals surface area (Å²) in [6, 6.07) is 1.77. The van der Waals surface area contributed by atoms with Crippen LogP contribution in [0.25, 0.3) is 0 Å². The molecule has 0 bridgehead atoms. The number of rotatable bonds is 3. The number of alkyl halides is 1. The zero-order valence-electron chi connectivity index (χ0n) is 4.67. The van der Waals surface area contributed by atoms with Crippen LogP contribution in [0.1, 0.15) is 6.42 Å². The van der Waals surface area contributed by atoms with Gasteiger partial charge in [-0.15, -0.1) is 11.6 Å². The highest BCUT2D eigenvalue weighted by molar-refractivity contribution is 6.18. The lowest BCUT2D eigenvalue weighted by Crippen LogP contribution is -2.06. The molecule has 0 aliphatic heterocycles. The summed E-state index contributed by atoms with van der Waals surface area (Å²) in [4.78, 5) is 9.92. The topological polar surface area (TPSA) is 61.1 Å². The Morgan fingerprint density at radius 1 is 1.89 bits per heavy atom. The SMILES string of the molecule is N#CC(CCl)CC(=O)O. The molecule has 0 aromatic heterocycles. The maximum Gasteiger partial charge on any atom is 0.304 e. The summed E-state index contributed by atoms with van der Waals surface area (Å²) in [7, 11) is 0. The van der Waals surface area contributed by atoms with E-state index in [1.54, 1.807) is 6.07 Å². The summed E-state index contributed by atoms with van der Waals surface area (Å²) >= 11 is 5.23. The van der Waals surface area contributed by atoms with Crippen LogP contribution >= 0.6 is 11.6 Å². The van der Waals surface area contributed by atoms with E-state index in [0.29, 0.717) is 0 Å². The van der Waals surface area contributed by atoms with Crippen molar-refractivity contribution in [3.05, 3.63) is 0 Å². The Kier molecular flexibility index (Phi) is 3.81. The Morgan fingerprint density at radius 3 is 2.56 bits per heavy atom. The van der Waals surface area contributed by atoms with E-state index in [-0.39, 0.29) is 12.3 Å². The molecular formula is C5H6ClNO2. The van der Waals surface area contributed by atoms with Crippen molar-refractivity contribution in [3.63, 3.8) is 0 Å². The van der Waals surface area contributed by atoms with Crippen molar-refractivity contribution in [1.82, 2.24) is 0 Å². The quantitative estimate of drug-likeness (QED) is 0.602. The third kappa shape index (κ3) is 3.80. The summed E-state index contributed by atoms with van der Waals surface area (Å²) in [5.41, 5.74) is 0. The molecule has 3 nitrogen and oxygen atoms in total.